The fourth-order valence-electron chi connectivity index (χ4n) is 3.38. The molecule has 0 saturated carbocycles. The highest BCUT2D eigenvalue weighted by atomic mass is 15.2. The van der Waals surface area contributed by atoms with Crippen LogP contribution in [0.25, 0.3) is 0 Å². The van der Waals surface area contributed by atoms with Crippen LogP contribution >= 0.6 is 0 Å². The zero-order valence-corrected chi connectivity index (χ0v) is 14.3. The highest BCUT2D eigenvalue weighted by Gasteiger charge is 2.24. The predicted molar refractivity (Wildman–Crippen MR) is 91.9 cm³/mol. The lowest BCUT2D eigenvalue weighted by molar-refractivity contribution is 0.138. The van der Waals surface area contributed by atoms with Gasteiger partial charge in [0.05, 0.1) is 0 Å². The van der Waals surface area contributed by atoms with Crippen LogP contribution < -0.4 is 10.6 Å². The minimum Gasteiger partial charge on any atom is -0.374 e. The van der Waals surface area contributed by atoms with E-state index in [0.717, 1.165) is 19.5 Å². The van der Waals surface area contributed by atoms with Crippen LogP contribution in [0.4, 0.5) is 5.69 Å². The van der Waals surface area contributed by atoms with Crippen molar-refractivity contribution in [2.75, 3.05) is 31.6 Å². The number of rotatable bonds is 6. The van der Waals surface area contributed by atoms with Crippen molar-refractivity contribution in [2.24, 2.45) is 11.7 Å². The standard InChI is InChI=1S/C18H31N3/c1-13(2)12-21(14(3)4)18(11-19)15-6-7-17-16(10-15)8-9-20(17)5/h6-7,10,13-14,18H,8-9,11-12,19H2,1-5H3. The number of anilines is 1. The molecule has 21 heavy (non-hydrogen) atoms. The van der Waals surface area contributed by atoms with Crippen molar-refractivity contribution >= 4 is 5.69 Å². The fraction of sp³-hybridized carbons (Fsp3) is 0.667. The molecule has 3 nitrogen and oxygen atoms in total. The Labute approximate surface area is 130 Å². The maximum absolute atomic E-state index is 6.14. The topological polar surface area (TPSA) is 32.5 Å². The Kier molecular flexibility index (Phi) is 5.28. The maximum Gasteiger partial charge on any atom is 0.0473 e. The van der Waals surface area contributed by atoms with Gasteiger partial charge >= 0.3 is 0 Å². The molecule has 0 radical (unpaired) electrons. The SMILES string of the molecule is CC(C)CN(C(C)C)C(CN)c1ccc2c(c1)CCN2C. The highest BCUT2D eigenvalue weighted by Crippen LogP contribution is 2.31. The first-order valence-electron chi connectivity index (χ1n) is 8.23. The van der Waals surface area contributed by atoms with Crippen LogP contribution in [0.1, 0.15) is 44.9 Å². The fourth-order valence-corrected chi connectivity index (χ4v) is 3.38. The molecule has 0 aromatic heterocycles. The second kappa shape index (κ2) is 6.80. The summed E-state index contributed by atoms with van der Waals surface area (Å²) >= 11 is 0. The van der Waals surface area contributed by atoms with Gasteiger partial charge in [-0.25, -0.2) is 0 Å². The minimum atomic E-state index is 0.323. The third kappa shape index (κ3) is 3.58. The van der Waals surface area contributed by atoms with Crippen LogP contribution in [-0.4, -0.2) is 37.6 Å². The summed E-state index contributed by atoms with van der Waals surface area (Å²) in [6.45, 7) is 12.0. The Hall–Kier alpha value is -1.06. The number of hydrogen-bond acceptors (Lipinski definition) is 3. The van der Waals surface area contributed by atoms with E-state index in [1.807, 2.05) is 0 Å². The average Bonchev–Trinajstić information content (AvgIpc) is 2.79. The molecule has 3 heteroatoms. The molecule has 118 valence electrons. The minimum absolute atomic E-state index is 0.323. The summed E-state index contributed by atoms with van der Waals surface area (Å²) in [5.41, 5.74) is 10.4. The molecule has 2 rings (SSSR count). The first-order valence-corrected chi connectivity index (χ1v) is 8.23. The van der Waals surface area contributed by atoms with Gasteiger partial charge in [0.2, 0.25) is 0 Å². The monoisotopic (exact) mass is 289 g/mol. The van der Waals surface area contributed by atoms with Crippen molar-refractivity contribution in [2.45, 2.75) is 46.2 Å². The molecule has 0 aliphatic carbocycles. The number of fused-ring (bicyclic) bond motifs is 1. The van der Waals surface area contributed by atoms with Gasteiger partial charge in [-0.15, -0.1) is 0 Å². The third-order valence-corrected chi connectivity index (χ3v) is 4.48. The highest BCUT2D eigenvalue weighted by molar-refractivity contribution is 5.58. The van der Waals surface area contributed by atoms with Crippen molar-refractivity contribution in [1.82, 2.24) is 4.90 Å². The second-order valence-corrected chi connectivity index (χ2v) is 7.00. The zero-order valence-electron chi connectivity index (χ0n) is 14.3. The molecule has 0 saturated heterocycles. The van der Waals surface area contributed by atoms with E-state index in [1.54, 1.807) is 0 Å². The second-order valence-electron chi connectivity index (χ2n) is 7.00. The van der Waals surface area contributed by atoms with E-state index in [0.29, 0.717) is 24.5 Å². The number of likely N-dealkylation sites (N-methyl/N-ethyl adjacent to an activating group) is 1. The number of nitrogens with zero attached hydrogens (tertiary/aromatic N) is 2. The molecule has 1 aliphatic rings. The Morgan fingerprint density at radius 2 is 1.95 bits per heavy atom. The summed E-state index contributed by atoms with van der Waals surface area (Å²) in [4.78, 5) is 4.88. The lowest BCUT2D eigenvalue weighted by Gasteiger charge is -2.36. The van der Waals surface area contributed by atoms with E-state index in [4.69, 9.17) is 5.73 Å². The van der Waals surface area contributed by atoms with Crippen molar-refractivity contribution < 1.29 is 0 Å². The van der Waals surface area contributed by atoms with Crippen LogP contribution in [-0.2, 0) is 6.42 Å². The van der Waals surface area contributed by atoms with Crippen molar-refractivity contribution in [3.63, 3.8) is 0 Å². The summed E-state index contributed by atoms with van der Waals surface area (Å²) in [5.74, 6) is 0.655. The molecule has 1 aromatic carbocycles. The molecule has 1 unspecified atom stereocenters. The van der Waals surface area contributed by atoms with Crippen LogP contribution in [0.15, 0.2) is 18.2 Å². The van der Waals surface area contributed by atoms with Crippen LogP contribution in [0, 0.1) is 5.92 Å². The molecule has 1 atom stereocenters. The summed E-state index contributed by atoms with van der Waals surface area (Å²) in [6.07, 6.45) is 1.16. The van der Waals surface area contributed by atoms with Crippen molar-refractivity contribution in [3.8, 4) is 0 Å². The molecular weight excluding hydrogens is 258 g/mol. The summed E-state index contributed by atoms with van der Waals surface area (Å²) in [6, 6.07) is 7.76. The largest absolute Gasteiger partial charge is 0.374 e. The van der Waals surface area contributed by atoms with E-state index in [9.17, 15) is 0 Å². The predicted octanol–water partition coefficient (Wildman–Crippen LogP) is 3.05. The van der Waals surface area contributed by atoms with Gasteiger partial charge in [0.15, 0.2) is 0 Å². The molecule has 1 heterocycles. The third-order valence-electron chi connectivity index (χ3n) is 4.48. The lowest BCUT2D eigenvalue weighted by Crippen LogP contribution is -2.40. The zero-order chi connectivity index (χ0) is 15.6. The first kappa shape index (κ1) is 16.3. The first-order chi connectivity index (χ1) is 9.93. The Balaban J connectivity index is 2.28. The molecule has 0 spiro atoms. The van der Waals surface area contributed by atoms with Crippen LogP contribution in [0.3, 0.4) is 0 Å². The van der Waals surface area contributed by atoms with E-state index in [-0.39, 0.29) is 0 Å². The smallest absolute Gasteiger partial charge is 0.0473 e. The van der Waals surface area contributed by atoms with E-state index in [2.05, 4.69) is 62.7 Å². The molecule has 1 aliphatic heterocycles. The Morgan fingerprint density at radius 3 is 2.52 bits per heavy atom. The number of hydrogen-bond donors (Lipinski definition) is 1. The van der Waals surface area contributed by atoms with Gasteiger partial charge in [0.1, 0.15) is 0 Å². The van der Waals surface area contributed by atoms with Gasteiger partial charge in [-0.05, 0) is 43.4 Å². The van der Waals surface area contributed by atoms with E-state index < -0.39 is 0 Å². The summed E-state index contributed by atoms with van der Waals surface area (Å²) in [7, 11) is 2.17. The lowest BCUT2D eigenvalue weighted by atomic mass is 9.99. The average molecular weight is 289 g/mol. The van der Waals surface area contributed by atoms with Crippen LogP contribution in [0.2, 0.25) is 0 Å². The van der Waals surface area contributed by atoms with Crippen molar-refractivity contribution in [1.29, 1.82) is 0 Å². The van der Waals surface area contributed by atoms with Gasteiger partial charge in [-0.1, -0.05) is 26.0 Å². The maximum atomic E-state index is 6.14. The van der Waals surface area contributed by atoms with Crippen LogP contribution in [0.5, 0.6) is 0 Å². The van der Waals surface area contributed by atoms with Crippen molar-refractivity contribution in [3.05, 3.63) is 29.3 Å². The molecule has 2 N–H and O–H groups in total. The molecule has 0 bridgehead atoms. The Bertz CT molecular complexity index is 468. The van der Waals surface area contributed by atoms with Gasteiger partial charge in [0, 0.05) is 44.5 Å². The van der Waals surface area contributed by atoms with Gasteiger partial charge < -0.3 is 10.6 Å². The molecule has 1 aromatic rings. The molecule has 0 amide bonds. The van der Waals surface area contributed by atoms with Gasteiger partial charge in [0.25, 0.3) is 0 Å². The van der Waals surface area contributed by atoms with Gasteiger partial charge in [-0.3, -0.25) is 4.90 Å². The Morgan fingerprint density at radius 1 is 1.24 bits per heavy atom. The molecular formula is C18H31N3. The van der Waals surface area contributed by atoms with E-state index >= 15 is 0 Å². The normalized spacial score (nSPS) is 16.1. The summed E-state index contributed by atoms with van der Waals surface area (Å²) in [5, 5.41) is 0. The quantitative estimate of drug-likeness (QED) is 0.873. The van der Waals surface area contributed by atoms with Gasteiger partial charge in [-0.2, -0.15) is 0 Å². The molecule has 0 fully saturated rings. The number of benzene rings is 1. The van der Waals surface area contributed by atoms with E-state index in [1.165, 1.54) is 16.8 Å². The number of nitrogens with two attached hydrogens (primary N) is 1. The summed E-state index contributed by atoms with van der Waals surface area (Å²) < 4.78 is 0.